The van der Waals surface area contributed by atoms with Crippen molar-refractivity contribution in [1.29, 1.82) is 0 Å². The van der Waals surface area contributed by atoms with E-state index in [1.807, 2.05) is 38.1 Å². The minimum Gasteiger partial charge on any atom is -0.481 e. The number of carbonyl (C=O) groups is 2. The summed E-state index contributed by atoms with van der Waals surface area (Å²) in [5, 5.41) is 8.67. The van der Waals surface area contributed by atoms with Crippen LogP contribution in [0.25, 0.3) is 0 Å². The van der Waals surface area contributed by atoms with Gasteiger partial charge < -0.3 is 10.0 Å². The van der Waals surface area contributed by atoms with Crippen LogP contribution in [0.4, 0.5) is 10.5 Å². The highest BCUT2D eigenvalue weighted by Gasteiger charge is 2.18. The molecule has 0 saturated heterocycles. The average Bonchev–Trinajstić information content (AvgIpc) is 2.39. The van der Waals surface area contributed by atoms with Crippen molar-refractivity contribution in [3.63, 3.8) is 0 Å². The fourth-order valence-corrected chi connectivity index (χ4v) is 1.71. The Morgan fingerprint density at radius 3 is 2.26 bits per heavy atom. The molecule has 1 aromatic carbocycles. The SMILES string of the molecule is CCN(CCC(=O)O)C(=O)N(C)c1ccc(C)cc1. The highest BCUT2D eigenvalue weighted by atomic mass is 16.4. The van der Waals surface area contributed by atoms with E-state index in [2.05, 4.69) is 0 Å². The summed E-state index contributed by atoms with van der Waals surface area (Å²) in [6, 6.07) is 7.43. The molecule has 5 nitrogen and oxygen atoms in total. The predicted molar refractivity (Wildman–Crippen MR) is 74.5 cm³/mol. The molecular weight excluding hydrogens is 244 g/mol. The molecule has 1 N–H and O–H groups in total. The number of hydrogen-bond acceptors (Lipinski definition) is 2. The van der Waals surface area contributed by atoms with Gasteiger partial charge in [-0.2, -0.15) is 0 Å². The summed E-state index contributed by atoms with van der Waals surface area (Å²) >= 11 is 0. The van der Waals surface area contributed by atoms with Crippen molar-refractivity contribution in [2.75, 3.05) is 25.0 Å². The monoisotopic (exact) mass is 264 g/mol. The predicted octanol–water partition coefficient (Wildman–Crippen LogP) is 2.35. The van der Waals surface area contributed by atoms with E-state index in [1.165, 1.54) is 9.80 Å². The maximum Gasteiger partial charge on any atom is 0.324 e. The molecule has 0 heterocycles. The number of aliphatic carboxylic acids is 1. The number of aryl methyl sites for hydroxylation is 1. The van der Waals surface area contributed by atoms with Gasteiger partial charge in [0.15, 0.2) is 0 Å². The topological polar surface area (TPSA) is 60.9 Å². The number of benzene rings is 1. The van der Waals surface area contributed by atoms with Crippen LogP contribution in [0.3, 0.4) is 0 Å². The molecule has 1 aromatic rings. The van der Waals surface area contributed by atoms with Crippen molar-refractivity contribution < 1.29 is 14.7 Å². The molecule has 0 fully saturated rings. The standard InChI is InChI=1S/C14H20N2O3/c1-4-16(10-9-13(17)18)14(19)15(3)12-7-5-11(2)6-8-12/h5-8H,4,9-10H2,1-3H3,(H,17,18). The molecule has 0 aromatic heterocycles. The van der Waals surface area contributed by atoms with Gasteiger partial charge in [0.2, 0.25) is 0 Å². The Kier molecular flexibility index (Phi) is 5.36. The van der Waals surface area contributed by atoms with Crippen LogP contribution >= 0.6 is 0 Å². The smallest absolute Gasteiger partial charge is 0.324 e. The van der Waals surface area contributed by atoms with Crippen LogP contribution in [0.1, 0.15) is 18.9 Å². The molecule has 0 unspecified atom stereocenters. The Morgan fingerprint density at radius 1 is 1.21 bits per heavy atom. The molecular formula is C14H20N2O3. The largest absolute Gasteiger partial charge is 0.481 e. The maximum atomic E-state index is 12.2. The van der Waals surface area contributed by atoms with E-state index in [-0.39, 0.29) is 19.0 Å². The summed E-state index contributed by atoms with van der Waals surface area (Å²) < 4.78 is 0. The van der Waals surface area contributed by atoms with Gasteiger partial charge in [-0.25, -0.2) is 4.79 Å². The molecule has 104 valence electrons. The molecule has 0 aliphatic heterocycles. The van der Waals surface area contributed by atoms with Crippen molar-refractivity contribution in [2.24, 2.45) is 0 Å². The molecule has 0 atom stereocenters. The van der Waals surface area contributed by atoms with E-state index >= 15 is 0 Å². The molecule has 0 aliphatic rings. The van der Waals surface area contributed by atoms with Gasteiger partial charge in [-0.1, -0.05) is 17.7 Å². The van der Waals surface area contributed by atoms with Gasteiger partial charge in [-0.3, -0.25) is 9.69 Å². The first kappa shape index (κ1) is 15.0. The van der Waals surface area contributed by atoms with Crippen LogP contribution in [-0.2, 0) is 4.79 Å². The molecule has 0 spiro atoms. The van der Waals surface area contributed by atoms with Gasteiger partial charge in [-0.05, 0) is 26.0 Å². The lowest BCUT2D eigenvalue weighted by molar-refractivity contribution is -0.137. The number of nitrogens with zero attached hydrogens (tertiary/aromatic N) is 2. The third-order valence-corrected chi connectivity index (χ3v) is 2.96. The average molecular weight is 264 g/mol. The van der Waals surface area contributed by atoms with Crippen LogP contribution in [-0.4, -0.2) is 42.1 Å². The van der Waals surface area contributed by atoms with Gasteiger partial charge in [0, 0.05) is 25.8 Å². The fraction of sp³-hybridized carbons (Fsp3) is 0.429. The zero-order valence-corrected chi connectivity index (χ0v) is 11.6. The second-order valence-electron chi connectivity index (χ2n) is 4.40. The Labute approximate surface area is 113 Å². The van der Waals surface area contributed by atoms with Crippen molar-refractivity contribution in [1.82, 2.24) is 4.90 Å². The third kappa shape index (κ3) is 4.28. The van der Waals surface area contributed by atoms with E-state index < -0.39 is 5.97 Å². The lowest BCUT2D eigenvalue weighted by atomic mass is 10.2. The minimum atomic E-state index is -0.899. The summed E-state index contributed by atoms with van der Waals surface area (Å²) in [7, 11) is 1.69. The van der Waals surface area contributed by atoms with Crippen molar-refractivity contribution >= 4 is 17.7 Å². The summed E-state index contributed by atoms with van der Waals surface area (Å²) in [5.41, 5.74) is 1.92. The second-order valence-corrected chi connectivity index (χ2v) is 4.40. The van der Waals surface area contributed by atoms with Crippen molar-refractivity contribution in [3.05, 3.63) is 29.8 Å². The van der Waals surface area contributed by atoms with Crippen molar-refractivity contribution in [3.8, 4) is 0 Å². The van der Waals surface area contributed by atoms with Gasteiger partial charge in [0.1, 0.15) is 0 Å². The van der Waals surface area contributed by atoms with Crippen LogP contribution in [0.15, 0.2) is 24.3 Å². The summed E-state index contributed by atoms with van der Waals surface area (Å²) in [6.07, 6.45) is -0.0404. The number of urea groups is 1. The van der Waals surface area contributed by atoms with Gasteiger partial charge in [-0.15, -0.1) is 0 Å². The molecule has 1 rings (SSSR count). The van der Waals surface area contributed by atoms with E-state index in [0.29, 0.717) is 6.54 Å². The third-order valence-electron chi connectivity index (χ3n) is 2.96. The molecule has 5 heteroatoms. The number of anilines is 1. The summed E-state index contributed by atoms with van der Waals surface area (Å²) in [5.74, 6) is -0.899. The van der Waals surface area contributed by atoms with Gasteiger partial charge >= 0.3 is 12.0 Å². The highest BCUT2D eigenvalue weighted by molar-refractivity contribution is 5.91. The normalized spacial score (nSPS) is 10.1. The Balaban J connectivity index is 2.73. The number of amides is 2. The number of hydrogen-bond donors (Lipinski definition) is 1. The summed E-state index contributed by atoms with van der Waals surface area (Å²) in [6.45, 7) is 4.53. The van der Waals surface area contributed by atoms with Gasteiger partial charge in [0.05, 0.1) is 6.42 Å². The lowest BCUT2D eigenvalue weighted by Crippen LogP contribution is -2.42. The first-order chi connectivity index (χ1) is 8.95. The number of carboxylic acid groups (broad SMARTS) is 1. The Hall–Kier alpha value is -2.04. The molecule has 2 amide bonds. The number of carboxylic acids is 1. The maximum absolute atomic E-state index is 12.2. The second kappa shape index (κ2) is 6.78. The molecule has 19 heavy (non-hydrogen) atoms. The zero-order chi connectivity index (χ0) is 14.4. The minimum absolute atomic E-state index is 0.0404. The number of carbonyl (C=O) groups excluding carboxylic acids is 1. The Morgan fingerprint density at radius 2 is 1.79 bits per heavy atom. The molecule has 0 aliphatic carbocycles. The summed E-state index contributed by atoms with van der Waals surface area (Å²) in [4.78, 5) is 25.9. The Bertz CT molecular complexity index is 443. The van der Waals surface area contributed by atoms with Crippen LogP contribution in [0.5, 0.6) is 0 Å². The first-order valence-corrected chi connectivity index (χ1v) is 6.26. The molecule has 0 saturated carbocycles. The van der Waals surface area contributed by atoms with Crippen LogP contribution in [0, 0.1) is 6.92 Å². The lowest BCUT2D eigenvalue weighted by Gasteiger charge is -2.27. The van der Waals surface area contributed by atoms with Crippen molar-refractivity contribution in [2.45, 2.75) is 20.3 Å². The molecule has 0 bridgehead atoms. The van der Waals surface area contributed by atoms with E-state index in [0.717, 1.165) is 11.3 Å². The molecule has 0 radical (unpaired) electrons. The fourth-order valence-electron chi connectivity index (χ4n) is 1.71. The quantitative estimate of drug-likeness (QED) is 0.888. The zero-order valence-electron chi connectivity index (χ0n) is 11.6. The van der Waals surface area contributed by atoms with E-state index in [4.69, 9.17) is 5.11 Å². The van der Waals surface area contributed by atoms with Crippen LogP contribution in [0.2, 0.25) is 0 Å². The number of rotatable bonds is 5. The first-order valence-electron chi connectivity index (χ1n) is 6.26. The highest BCUT2D eigenvalue weighted by Crippen LogP contribution is 2.15. The van der Waals surface area contributed by atoms with E-state index in [9.17, 15) is 9.59 Å². The van der Waals surface area contributed by atoms with Gasteiger partial charge in [0.25, 0.3) is 0 Å². The van der Waals surface area contributed by atoms with Crippen LogP contribution < -0.4 is 4.90 Å². The van der Waals surface area contributed by atoms with E-state index in [1.54, 1.807) is 7.05 Å².